The lowest BCUT2D eigenvalue weighted by molar-refractivity contribution is -0.143. The van der Waals surface area contributed by atoms with Crippen LogP contribution in [0.4, 0.5) is 0 Å². The van der Waals surface area contributed by atoms with Gasteiger partial charge in [-0.3, -0.25) is 4.79 Å². The van der Waals surface area contributed by atoms with Crippen molar-refractivity contribution in [1.29, 1.82) is 0 Å². The van der Waals surface area contributed by atoms with E-state index in [1.165, 1.54) is 0 Å². The molecule has 0 saturated carbocycles. The molecule has 0 aliphatic rings. The lowest BCUT2D eigenvalue weighted by Gasteiger charge is -2.26. The van der Waals surface area contributed by atoms with E-state index in [4.69, 9.17) is 15.9 Å². The minimum absolute atomic E-state index is 0.0232. The van der Waals surface area contributed by atoms with Gasteiger partial charge in [0.15, 0.2) is 0 Å². The van der Waals surface area contributed by atoms with Crippen molar-refractivity contribution < 1.29 is 15.0 Å². The molecule has 16 heavy (non-hydrogen) atoms. The van der Waals surface area contributed by atoms with Gasteiger partial charge in [0.05, 0.1) is 6.61 Å². The first-order chi connectivity index (χ1) is 7.46. The number of nitrogens with one attached hydrogen (secondary N) is 1. The molecule has 0 aromatic heterocycles. The summed E-state index contributed by atoms with van der Waals surface area (Å²) in [7, 11) is 2.06. The first kappa shape index (κ1) is 15.4. The van der Waals surface area contributed by atoms with Gasteiger partial charge in [-0.15, -0.1) is 0 Å². The van der Waals surface area contributed by atoms with Gasteiger partial charge in [-0.25, -0.2) is 0 Å². The number of unbranched alkanes of at least 4 members (excludes halogenated alkanes) is 1. The van der Waals surface area contributed by atoms with Crippen LogP contribution in [0, 0.1) is 0 Å². The monoisotopic (exact) mass is 230 g/mol. The second kappa shape index (κ2) is 7.65. The Bertz CT molecular complexity index is 216. The molecular formula is C10H23BN2O3. The molecule has 0 spiro atoms. The summed E-state index contributed by atoms with van der Waals surface area (Å²) in [4.78, 5) is 11.1. The highest BCUT2D eigenvalue weighted by Gasteiger charge is 2.33. The predicted octanol–water partition coefficient (Wildman–Crippen LogP) is -1.04. The minimum Gasteiger partial charge on any atom is -0.480 e. The standard InChI is InChI=1S/C10H23BN2O3/c1-8(6-14)13-7-10(12,9(15)16)4-2-3-5-11/h8,13-14H,2-7,11-12H2,1H3,(H,15,16)/t8-,10?/m1/s1. The number of aliphatic carboxylic acids is 1. The Kier molecular flexibility index (Phi) is 7.37. The van der Waals surface area contributed by atoms with Crippen LogP contribution in [0.15, 0.2) is 0 Å². The molecule has 5 nitrogen and oxygen atoms in total. The van der Waals surface area contributed by atoms with Gasteiger partial charge in [0.25, 0.3) is 0 Å². The average molecular weight is 230 g/mol. The molecule has 0 amide bonds. The maximum atomic E-state index is 11.1. The van der Waals surface area contributed by atoms with E-state index >= 15 is 0 Å². The van der Waals surface area contributed by atoms with Crippen LogP contribution in [0.1, 0.15) is 26.2 Å². The fourth-order valence-electron chi connectivity index (χ4n) is 1.38. The summed E-state index contributed by atoms with van der Waals surface area (Å²) in [5.41, 5.74) is 4.62. The highest BCUT2D eigenvalue weighted by Crippen LogP contribution is 2.12. The number of hydrogen-bond donors (Lipinski definition) is 4. The van der Waals surface area contributed by atoms with E-state index in [0.717, 1.165) is 19.2 Å². The molecule has 0 heterocycles. The average Bonchev–Trinajstić information content (AvgIpc) is 2.26. The van der Waals surface area contributed by atoms with Crippen molar-refractivity contribution in [3.05, 3.63) is 0 Å². The smallest absolute Gasteiger partial charge is 0.325 e. The molecule has 0 rings (SSSR count). The third kappa shape index (κ3) is 5.49. The summed E-state index contributed by atoms with van der Waals surface area (Å²) in [6.45, 7) is 1.95. The molecule has 0 aliphatic heterocycles. The Morgan fingerprint density at radius 3 is 2.62 bits per heavy atom. The predicted molar refractivity (Wildman–Crippen MR) is 66.3 cm³/mol. The van der Waals surface area contributed by atoms with E-state index in [1.54, 1.807) is 6.92 Å². The molecule has 5 N–H and O–H groups in total. The fourth-order valence-corrected chi connectivity index (χ4v) is 1.38. The van der Waals surface area contributed by atoms with Crippen molar-refractivity contribution in [2.24, 2.45) is 5.73 Å². The van der Waals surface area contributed by atoms with E-state index in [1.807, 2.05) is 0 Å². The van der Waals surface area contributed by atoms with Crippen molar-refractivity contribution in [3.8, 4) is 0 Å². The summed E-state index contributed by atoms with van der Waals surface area (Å²) in [5.74, 6) is -0.985. The van der Waals surface area contributed by atoms with Crippen LogP contribution < -0.4 is 11.1 Å². The molecule has 0 bridgehead atoms. The topological polar surface area (TPSA) is 95.6 Å². The molecule has 94 valence electrons. The third-order valence-electron chi connectivity index (χ3n) is 2.69. The minimum atomic E-state index is -1.22. The lowest BCUT2D eigenvalue weighted by Crippen LogP contribution is -2.56. The Hall–Kier alpha value is -0.585. The molecule has 0 aromatic carbocycles. The number of nitrogens with two attached hydrogens (primary N) is 1. The zero-order chi connectivity index (χ0) is 12.6. The largest absolute Gasteiger partial charge is 0.480 e. The lowest BCUT2D eigenvalue weighted by atomic mass is 9.90. The van der Waals surface area contributed by atoms with Gasteiger partial charge in [0.1, 0.15) is 13.4 Å². The number of hydrogen-bond acceptors (Lipinski definition) is 4. The van der Waals surface area contributed by atoms with Crippen molar-refractivity contribution >= 4 is 13.8 Å². The first-order valence-electron chi connectivity index (χ1n) is 5.82. The molecule has 2 atom stereocenters. The van der Waals surface area contributed by atoms with Crippen LogP contribution in [-0.4, -0.2) is 48.8 Å². The van der Waals surface area contributed by atoms with Gasteiger partial charge in [-0.2, -0.15) is 0 Å². The first-order valence-corrected chi connectivity index (χ1v) is 5.82. The Morgan fingerprint density at radius 1 is 1.56 bits per heavy atom. The van der Waals surface area contributed by atoms with Crippen LogP contribution in [0.25, 0.3) is 0 Å². The molecule has 0 fully saturated rings. The maximum Gasteiger partial charge on any atom is 0.325 e. The van der Waals surface area contributed by atoms with Gasteiger partial charge in [-0.1, -0.05) is 19.2 Å². The molecular weight excluding hydrogens is 207 g/mol. The summed E-state index contributed by atoms with van der Waals surface area (Å²) in [5, 5.41) is 20.8. The number of aliphatic hydroxyl groups is 1. The second-order valence-electron chi connectivity index (χ2n) is 4.38. The van der Waals surface area contributed by atoms with Gasteiger partial charge in [-0.05, 0) is 13.3 Å². The van der Waals surface area contributed by atoms with Gasteiger partial charge in [0.2, 0.25) is 0 Å². The van der Waals surface area contributed by atoms with Gasteiger partial charge >= 0.3 is 5.97 Å². The second-order valence-corrected chi connectivity index (χ2v) is 4.38. The van der Waals surface area contributed by atoms with Crippen molar-refractivity contribution in [2.45, 2.75) is 44.1 Å². The molecule has 0 aromatic rings. The molecule has 0 radical (unpaired) electrons. The van der Waals surface area contributed by atoms with E-state index in [-0.39, 0.29) is 19.2 Å². The van der Waals surface area contributed by atoms with Crippen molar-refractivity contribution in [3.63, 3.8) is 0 Å². The number of carboxylic acids is 1. The highest BCUT2D eigenvalue weighted by molar-refractivity contribution is 6.08. The van der Waals surface area contributed by atoms with Crippen LogP contribution in [0.3, 0.4) is 0 Å². The fraction of sp³-hybridized carbons (Fsp3) is 0.900. The van der Waals surface area contributed by atoms with Crippen molar-refractivity contribution in [1.82, 2.24) is 5.32 Å². The van der Waals surface area contributed by atoms with Crippen LogP contribution in [-0.2, 0) is 4.79 Å². The summed E-state index contributed by atoms with van der Waals surface area (Å²) >= 11 is 0. The Balaban J connectivity index is 4.17. The quantitative estimate of drug-likeness (QED) is 0.300. The molecule has 0 saturated heterocycles. The highest BCUT2D eigenvalue weighted by atomic mass is 16.4. The zero-order valence-electron chi connectivity index (χ0n) is 10.2. The van der Waals surface area contributed by atoms with E-state index in [0.29, 0.717) is 6.42 Å². The van der Waals surface area contributed by atoms with E-state index in [9.17, 15) is 4.79 Å². The molecule has 1 unspecified atom stereocenters. The van der Waals surface area contributed by atoms with E-state index in [2.05, 4.69) is 13.2 Å². The summed E-state index contributed by atoms with van der Waals surface area (Å²) in [6, 6.07) is -0.131. The number of aliphatic hydroxyl groups excluding tert-OH is 1. The molecule has 0 aliphatic carbocycles. The van der Waals surface area contributed by atoms with E-state index < -0.39 is 11.5 Å². The van der Waals surface area contributed by atoms with Gasteiger partial charge in [0, 0.05) is 12.6 Å². The summed E-state index contributed by atoms with van der Waals surface area (Å²) in [6.07, 6.45) is 3.30. The number of carboxylic acid groups (broad SMARTS) is 1. The molecule has 6 heteroatoms. The van der Waals surface area contributed by atoms with Crippen LogP contribution in [0.2, 0.25) is 6.32 Å². The zero-order valence-corrected chi connectivity index (χ0v) is 10.2. The number of carbonyl (C=O) groups is 1. The van der Waals surface area contributed by atoms with Crippen LogP contribution in [0.5, 0.6) is 0 Å². The normalized spacial score (nSPS) is 16.7. The SMILES string of the molecule is BCCCCC(N)(CN[C@H](C)CO)C(=O)O. The van der Waals surface area contributed by atoms with Gasteiger partial charge < -0.3 is 21.3 Å². The maximum absolute atomic E-state index is 11.1. The number of rotatable bonds is 9. The summed E-state index contributed by atoms with van der Waals surface area (Å²) < 4.78 is 0. The third-order valence-corrected chi connectivity index (χ3v) is 2.69. The Morgan fingerprint density at radius 2 is 2.19 bits per heavy atom. The van der Waals surface area contributed by atoms with Crippen LogP contribution >= 0.6 is 0 Å². The van der Waals surface area contributed by atoms with Crippen molar-refractivity contribution in [2.75, 3.05) is 13.2 Å². The Labute approximate surface area is 97.8 Å².